The first-order valence-corrected chi connectivity index (χ1v) is 9.80. The van der Waals surface area contributed by atoms with Crippen LogP contribution in [0.25, 0.3) is 0 Å². The van der Waals surface area contributed by atoms with Crippen LogP contribution in [0.1, 0.15) is 68.9 Å². The van der Waals surface area contributed by atoms with Crippen LogP contribution in [0, 0.1) is 0 Å². The summed E-state index contributed by atoms with van der Waals surface area (Å²) in [5.41, 5.74) is 6.20. The van der Waals surface area contributed by atoms with Gasteiger partial charge in [-0.3, -0.25) is 0 Å². The molecule has 0 amide bonds. The summed E-state index contributed by atoms with van der Waals surface area (Å²) in [5.74, 6) is -0.303. The van der Waals surface area contributed by atoms with Crippen molar-refractivity contribution >= 4 is 17.3 Å². The molecule has 3 rings (SSSR count). The third kappa shape index (κ3) is 3.60. The van der Waals surface area contributed by atoms with Crippen LogP contribution in [0.4, 0.5) is 11.4 Å². The molecule has 2 aromatic rings. The summed E-state index contributed by atoms with van der Waals surface area (Å²) in [4.78, 5) is 14.0. The normalized spacial score (nSPS) is 17.1. The molecular weight excluding hydrogens is 334 g/mol. The lowest BCUT2D eigenvalue weighted by Crippen LogP contribution is -2.34. The van der Waals surface area contributed by atoms with E-state index >= 15 is 0 Å². The van der Waals surface area contributed by atoms with Gasteiger partial charge in [-0.1, -0.05) is 33.8 Å². The lowest BCUT2D eigenvalue weighted by atomic mass is 9.63. The molecule has 0 bridgehead atoms. The van der Waals surface area contributed by atoms with Crippen LogP contribution in [0.2, 0.25) is 0 Å². The maximum absolute atomic E-state index is 11.7. The number of nitrogens with zero attached hydrogens (tertiary/aromatic N) is 1. The van der Waals surface area contributed by atoms with E-state index < -0.39 is 0 Å². The van der Waals surface area contributed by atoms with Crippen molar-refractivity contribution in [1.82, 2.24) is 0 Å². The van der Waals surface area contributed by atoms with Crippen molar-refractivity contribution in [1.29, 1.82) is 0 Å². The predicted molar refractivity (Wildman–Crippen MR) is 112 cm³/mol. The van der Waals surface area contributed by atoms with Crippen molar-refractivity contribution in [2.75, 3.05) is 18.6 Å². The topological polar surface area (TPSA) is 29.5 Å². The van der Waals surface area contributed by atoms with E-state index in [2.05, 4.69) is 57.7 Å². The summed E-state index contributed by atoms with van der Waals surface area (Å²) < 4.78 is 4.80. The minimum atomic E-state index is -0.303. The number of ether oxygens (including phenoxy) is 1. The first kappa shape index (κ1) is 19.5. The summed E-state index contributed by atoms with van der Waals surface area (Å²) in [6.45, 7) is 12.4. The van der Waals surface area contributed by atoms with Gasteiger partial charge in [-0.15, -0.1) is 0 Å². The molecule has 0 aromatic heterocycles. The SMILES string of the molecule is CCN(c1ccc(C(=O)OC)cc1)c1ccc2c(c1)C(C)(C)CCC2(C)C. The second kappa shape index (κ2) is 7.03. The maximum atomic E-state index is 11.7. The molecule has 1 aliphatic carbocycles. The van der Waals surface area contributed by atoms with Crippen LogP contribution < -0.4 is 4.90 Å². The molecule has 0 saturated heterocycles. The highest BCUT2D eigenvalue weighted by Crippen LogP contribution is 2.47. The van der Waals surface area contributed by atoms with E-state index in [0.717, 1.165) is 12.2 Å². The average Bonchev–Trinajstić information content (AvgIpc) is 2.66. The van der Waals surface area contributed by atoms with Gasteiger partial charge < -0.3 is 9.64 Å². The van der Waals surface area contributed by atoms with Crippen LogP contribution in [0.3, 0.4) is 0 Å². The molecule has 0 spiro atoms. The fourth-order valence-corrected chi connectivity index (χ4v) is 4.15. The number of benzene rings is 2. The lowest BCUT2D eigenvalue weighted by molar-refractivity contribution is 0.0601. The van der Waals surface area contributed by atoms with E-state index in [-0.39, 0.29) is 16.8 Å². The molecule has 0 N–H and O–H groups in total. The molecule has 0 heterocycles. The Bertz CT molecular complexity index is 834. The Hall–Kier alpha value is -2.29. The quantitative estimate of drug-likeness (QED) is 0.624. The third-order valence-corrected chi connectivity index (χ3v) is 6.06. The highest BCUT2D eigenvalue weighted by atomic mass is 16.5. The van der Waals surface area contributed by atoms with Gasteiger partial charge in [-0.2, -0.15) is 0 Å². The van der Waals surface area contributed by atoms with Gasteiger partial charge in [0, 0.05) is 17.9 Å². The number of hydrogen-bond acceptors (Lipinski definition) is 3. The van der Waals surface area contributed by atoms with E-state index in [1.165, 1.54) is 36.8 Å². The molecule has 27 heavy (non-hydrogen) atoms. The number of esters is 1. The summed E-state index contributed by atoms with van der Waals surface area (Å²) >= 11 is 0. The van der Waals surface area contributed by atoms with Gasteiger partial charge >= 0.3 is 5.97 Å². The third-order valence-electron chi connectivity index (χ3n) is 6.06. The molecule has 144 valence electrons. The molecule has 0 fully saturated rings. The molecule has 2 aromatic carbocycles. The second-order valence-corrected chi connectivity index (χ2v) is 8.78. The number of hydrogen-bond donors (Lipinski definition) is 0. The average molecular weight is 366 g/mol. The van der Waals surface area contributed by atoms with Crippen LogP contribution in [-0.2, 0) is 15.6 Å². The monoisotopic (exact) mass is 365 g/mol. The summed E-state index contributed by atoms with van der Waals surface area (Å²) in [6, 6.07) is 14.6. The zero-order valence-corrected chi connectivity index (χ0v) is 17.4. The molecule has 0 aliphatic heterocycles. The molecule has 3 nitrogen and oxygen atoms in total. The van der Waals surface area contributed by atoms with Crippen LogP contribution in [0.5, 0.6) is 0 Å². The standard InChI is InChI=1S/C24H31NO2/c1-7-25(18-10-8-17(9-11-18)22(26)27-6)19-12-13-20-21(16-19)24(4,5)15-14-23(20,2)3/h8-13,16H,7,14-15H2,1-6H3. The van der Waals surface area contributed by atoms with Crippen molar-refractivity contribution in [3.05, 3.63) is 59.2 Å². The van der Waals surface area contributed by atoms with Gasteiger partial charge in [-0.25, -0.2) is 4.79 Å². The number of fused-ring (bicyclic) bond motifs is 1. The highest BCUT2D eigenvalue weighted by Gasteiger charge is 2.37. The largest absolute Gasteiger partial charge is 0.465 e. The molecule has 0 saturated carbocycles. The first-order chi connectivity index (χ1) is 12.7. The van der Waals surface area contributed by atoms with Crippen LogP contribution in [0.15, 0.2) is 42.5 Å². The van der Waals surface area contributed by atoms with Gasteiger partial charge in [0.05, 0.1) is 12.7 Å². The van der Waals surface area contributed by atoms with Crippen LogP contribution in [-0.4, -0.2) is 19.6 Å². The summed E-state index contributed by atoms with van der Waals surface area (Å²) in [5, 5.41) is 0. The minimum absolute atomic E-state index is 0.190. The molecule has 0 radical (unpaired) electrons. The van der Waals surface area contributed by atoms with E-state index in [1.807, 2.05) is 24.3 Å². The Kier molecular flexibility index (Phi) is 5.07. The number of anilines is 2. The van der Waals surface area contributed by atoms with Crippen molar-refractivity contribution in [2.45, 2.75) is 58.3 Å². The van der Waals surface area contributed by atoms with Crippen molar-refractivity contribution in [2.24, 2.45) is 0 Å². The Morgan fingerprint density at radius 1 is 0.926 bits per heavy atom. The zero-order chi connectivity index (χ0) is 19.8. The summed E-state index contributed by atoms with van der Waals surface area (Å²) in [6.07, 6.45) is 2.43. The molecule has 0 unspecified atom stereocenters. The number of carbonyl (C=O) groups excluding carboxylic acids is 1. The van der Waals surface area contributed by atoms with E-state index in [4.69, 9.17) is 4.74 Å². The fraction of sp³-hybridized carbons (Fsp3) is 0.458. The number of rotatable bonds is 4. The Labute approximate surface area is 163 Å². The van der Waals surface area contributed by atoms with Crippen molar-refractivity contribution < 1.29 is 9.53 Å². The second-order valence-electron chi connectivity index (χ2n) is 8.78. The molecule has 1 aliphatic rings. The Balaban J connectivity index is 2.01. The zero-order valence-electron chi connectivity index (χ0n) is 17.4. The van der Waals surface area contributed by atoms with E-state index in [9.17, 15) is 4.79 Å². The van der Waals surface area contributed by atoms with Gasteiger partial charge in [0.15, 0.2) is 0 Å². The smallest absolute Gasteiger partial charge is 0.337 e. The predicted octanol–water partition coefficient (Wildman–Crippen LogP) is 5.98. The first-order valence-electron chi connectivity index (χ1n) is 9.80. The van der Waals surface area contributed by atoms with Gasteiger partial charge in [0.25, 0.3) is 0 Å². The number of carbonyl (C=O) groups is 1. The van der Waals surface area contributed by atoms with Crippen molar-refractivity contribution in [3.63, 3.8) is 0 Å². The maximum Gasteiger partial charge on any atom is 0.337 e. The van der Waals surface area contributed by atoms with E-state index in [1.54, 1.807) is 0 Å². The highest BCUT2D eigenvalue weighted by molar-refractivity contribution is 5.89. The van der Waals surface area contributed by atoms with Gasteiger partial charge in [0.2, 0.25) is 0 Å². The molecule has 3 heteroatoms. The fourth-order valence-electron chi connectivity index (χ4n) is 4.15. The van der Waals surface area contributed by atoms with Crippen LogP contribution >= 0.6 is 0 Å². The molecule has 0 atom stereocenters. The van der Waals surface area contributed by atoms with Gasteiger partial charge in [0.1, 0.15) is 0 Å². The minimum Gasteiger partial charge on any atom is -0.465 e. The van der Waals surface area contributed by atoms with Crippen molar-refractivity contribution in [3.8, 4) is 0 Å². The molecular formula is C24H31NO2. The Morgan fingerprint density at radius 3 is 2.04 bits per heavy atom. The summed E-state index contributed by atoms with van der Waals surface area (Å²) in [7, 11) is 1.41. The van der Waals surface area contributed by atoms with Gasteiger partial charge in [-0.05, 0) is 78.1 Å². The number of methoxy groups -OCH3 is 1. The lowest BCUT2D eigenvalue weighted by Gasteiger charge is -2.42. The van der Waals surface area contributed by atoms with E-state index in [0.29, 0.717) is 5.56 Å². The Morgan fingerprint density at radius 2 is 1.48 bits per heavy atom.